The summed E-state index contributed by atoms with van der Waals surface area (Å²) >= 11 is 0. The van der Waals surface area contributed by atoms with Gasteiger partial charge in [0.25, 0.3) is 0 Å². The topological polar surface area (TPSA) is 51.2 Å². The fourth-order valence-electron chi connectivity index (χ4n) is 4.47. The van der Waals surface area contributed by atoms with Gasteiger partial charge in [0, 0.05) is 31.8 Å². The van der Waals surface area contributed by atoms with Crippen molar-refractivity contribution in [3.63, 3.8) is 0 Å². The Morgan fingerprint density at radius 3 is 2.88 bits per heavy atom. The van der Waals surface area contributed by atoms with Crippen LogP contribution in [0.2, 0.25) is 0 Å². The van der Waals surface area contributed by atoms with Crippen LogP contribution in [-0.4, -0.2) is 61.2 Å². The second-order valence-corrected chi connectivity index (χ2v) is 7.04. The third kappa shape index (κ3) is 4.00. The van der Waals surface area contributed by atoms with Crippen molar-refractivity contribution in [3.05, 3.63) is 29.8 Å². The number of hydrogen-bond donors (Lipinski definition) is 1. The molecule has 25 heavy (non-hydrogen) atoms. The first-order valence-corrected chi connectivity index (χ1v) is 9.44. The number of aliphatic hydroxyl groups excluding tert-OH is 1. The van der Waals surface area contributed by atoms with E-state index in [4.69, 9.17) is 19.3 Å². The van der Waals surface area contributed by atoms with E-state index in [-0.39, 0.29) is 18.3 Å². The van der Waals surface area contributed by atoms with Gasteiger partial charge in [-0.1, -0.05) is 18.2 Å². The minimum atomic E-state index is -0.0559. The van der Waals surface area contributed by atoms with Crippen molar-refractivity contribution in [2.45, 2.75) is 56.9 Å². The van der Waals surface area contributed by atoms with E-state index in [1.165, 1.54) is 5.56 Å². The van der Waals surface area contributed by atoms with E-state index < -0.39 is 0 Å². The fourth-order valence-corrected chi connectivity index (χ4v) is 4.47. The molecule has 0 radical (unpaired) electrons. The molecule has 1 aliphatic heterocycles. The van der Waals surface area contributed by atoms with Crippen molar-refractivity contribution in [2.24, 2.45) is 0 Å². The minimum Gasteiger partial charge on any atom is -0.494 e. The predicted molar refractivity (Wildman–Crippen MR) is 96.8 cm³/mol. The first-order valence-electron chi connectivity index (χ1n) is 9.44. The lowest BCUT2D eigenvalue weighted by Crippen LogP contribution is -2.51. The number of aliphatic hydroxyl groups is 1. The van der Waals surface area contributed by atoms with Gasteiger partial charge in [0.1, 0.15) is 5.75 Å². The average molecular weight is 349 g/mol. The summed E-state index contributed by atoms with van der Waals surface area (Å²) in [5, 5.41) is 9.04. The van der Waals surface area contributed by atoms with Crippen molar-refractivity contribution in [2.75, 3.05) is 33.5 Å². The summed E-state index contributed by atoms with van der Waals surface area (Å²) in [6, 6.07) is 8.65. The van der Waals surface area contributed by atoms with Crippen LogP contribution in [0.1, 0.15) is 38.2 Å². The summed E-state index contributed by atoms with van der Waals surface area (Å²) in [4.78, 5) is 2.52. The summed E-state index contributed by atoms with van der Waals surface area (Å²) < 4.78 is 17.7. The second kappa shape index (κ2) is 8.49. The Labute approximate surface area is 150 Å². The molecule has 2 unspecified atom stereocenters. The third-order valence-corrected chi connectivity index (χ3v) is 5.74. The van der Waals surface area contributed by atoms with Gasteiger partial charge < -0.3 is 19.3 Å². The van der Waals surface area contributed by atoms with E-state index in [0.29, 0.717) is 19.3 Å². The summed E-state index contributed by atoms with van der Waals surface area (Å²) in [5.74, 6) is 0.976. The van der Waals surface area contributed by atoms with Gasteiger partial charge in [-0.3, -0.25) is 4.90 Å². The van der Waals surface area contributed by atoms with Crippen molar-refractivity contribution < 1.29 is 19.3 Å². The normalized spacial score (nSPS) is 29.6. The van der Waals surface area contributed by atoms with Crippen LogP contribution in [-0.2, 0) is 16.0 Å². The van der Waals surface area contributed by atoms with E-state index in [1.54, 1.807) is 0 Å². The molecule has 0 amide bonds. The molecule has 1 N–H and O–H groups in total. The first kappa shape index (κ1) is 18.6. The average Bonchev–Trinajstić information content (AvgIpc) is 3.00. The van der Waals surface area contributed by atoms with Crippen LogP contribution in [0.3, 0.4) is 0 Å². The van der Waals surface area contributed by atoms with Gasteiger partial charge >= 0.3 is 0 Å². The van der Waals surface area contributed by atoms with Gasteiger partial charge in [-0.15, -0.1) is 0 Å². The molecule has 1 aliphatic carbocycles. The minimum absolute atomic E-state index is 0.0559. The van der Waals surface area contributed by atoms with Gasteiger partial charge in [0.05, 0.1) is 31.5 Å². The molecular weight excluding hydrogens is 318 g/mol. The number of para-hydroxylation sites is 1. The molecule has 0 bridgehead atoms. The number of benzene rings is 1. The zero-order valence-electron chi connectivity index (χ0n) is 15.4. The lowest BCUT2D eigenvalue weighted by Gasteiger charge is -2.43. The van der Waals surface area contributed by atoms with Gasteiger partial charge in [-0.2, -0.15) is 0 Å². The molecule has 1 aromatic carbocycles. The molecule has 3 atom stereocenters. The van der Waals surface area contributed by atoms with Crippen molar-refractivity contribution in [1.82, 2.24) is 4.90 Å². The zero-order chi connectivity index (χ0) is 17.7. The molecular formula is C20H31NO4. The van der Waals surface area contributed by atoms with E-state index in [2.05, 4.69) is 17.0 Å². The van der Waals surface area contributed by atoms with Gasteiger partial charge in [0.15, 0.2) is 0 Å². The third-order valence-electron chi connectivity index (χ3n) is 5.74. The lowest BCUT2D eigenvalue weighted by atomic mass is 9.79. The Bertz CT molecular complexity index is 552. The van der Waals surface area contributed by atoms with Crippen LogP contribution in [0.4, 0.5) is 0 Å². The van der Waals surface area contributed by atoms with Crippen molar-refractivity contribution in [1.29, 1.82) is 0 Å². The molecule has 2 aliphatic rings. The van der Waals surface area contributed by atoms with E-state index >= 15 is 0 Å². The number of fused-ring (bicyclic) bond motifs is 1. The van der Waals surface area contributed by atoms with Crippen LogP contribution in [0.5, 0.6) is 5.75 Å². The highest BCUT2D eigenvalue weighted by Crippen LogP contribution is 2.44. The lowest BCUT2D eigenvalue weighted by molar-refractivity contribution is -0.104. The number of hydrogen-bond acceptors (Lipinski definition) is 5. The number of ether oxygens (including phenoxy) is 3. The Morgan fingerprint density at radius 1 is 1.28 bits per heavy atom. The highest BCUT2D eigenvalue weighted by molar-refractivity contribution is 5.33. The SMILES string of the molecule is CCOc1ccccc1CN1CC[C@]2(OC)CCC(OCCO)CC12. The molecule has 1 heterocycles. The molecule has 140 valence electrons. The Kier molecular flexibility index (Phi) is 6.34. The standard InChI is InChI=1S/C20H31NO4/c1-3-24-18-7-5-4-6-16(18)15-21-11-10-20(23-2)9-8-17(14-19(20)21)25-13-12-22/h4-7,17,19,22H,3,8-15H2,1-2H3/t17?,19?,20-/m1/s1. The van der Waals surface area contributed by atoms with Crippen molar-refractivity contribution in [3.8, 4) is 5.75 Å². The predicted octanol–water partition coefficient (Wildman–Crippen LogP) is 2.61. The molecule has 1 saturated heterocycles. The van der Waals surface area contributed by atoms with Crippen LogP contribution in [0, 0.1) is 0 Å². The maximum Gasteiger partial charge on any atom is 0.123 e. The van der Waals surface area contributed by atoms with Gasteiger partial charge in [-0.25, -0.2) is 0 Å². The highest BCUT2D eigenvalue weighted by atomic mass is 16.5. The van der Waals surface area contributed by atoms with Gasteiger partial charge in [-0.05, 0) is 38.7 Å². The smallest absolute Gasteiger partial charge is 0.123 e. The largest absolute Gasteiger partial charge is 0.494 e. The summed E-state index contributed by atoms with van der Waals surface area (Å²) in [6.45, 7) is 5.11. The molecule has 0 aromatic heterocycles. The summed E-state index contributed by atoms with van der Waals surface area (Å²) in [7, 11) is 1.85. The van der Waals surface area contributed by atoms with Crippen molar-refractivity contribution >= 4 is 0 Å². The molecule has 1 aromatic rings. The number of rotatable bonds is 8. The van der Waals surface area contributed by atoms with Crippen LogP contribution in [0.25, 0.3) is 0 Å². The van der Waals surface area contributed by atoms with Crippen LogP contribution < -0.4 is 4.74 Å². The highest BCUT2D eigenvalue weighted by Gasteiger charge is 2.51. The number of nitrogens with zero attached hydrogens (tertiary/aromatic N) is 1. The maximum atomic E-state index is 9.04. The van der Waals surface area contributed by atoms with E-state index in [9.17, 15) is 0 Å². The van der Waals surface area contributed by atoms with Crippen LogP contribution >= 0.6 is 0 Å². The second-order valence-electron chi connectivity index (χ2n) is 7.04. The molecule has 5 nitrogen and oxygen atoms in total. The summed E-state index contributed by atoms with van der Waals surface area (Å²) in [5.41, 5.74) is 1.18. The van der Waals surface area contributed by atoms with E-state index in [1.807, 2.05) is 26.2 Å². The zero-order valence-corrected chi connectivity index (χ0v) is 15.4. The monoisotopic (exact) mass is 349 g/mol. The Balaban J connectivity index is 1.73. The van der Waals surface area contributed by atoms with Gasteiger partial charge in [0.2, 0.25) is 0 Å². The molecule has 1 saturated carbocycles. The quantitative estimate of drug-likeness (QED) is 0.782. The van der Waals surface area contributed by atoms with Crippen LogP contribution in [0.15, 0.2) is 24.3 Å². The molecule has 0 spiro atoms. The Hall–Kier alpha value is -1.14. The summed E-state index contributed by atoms with van der Waals surface area (Å²) in [6.07, 6.45) is 4.27. The number of likely N-dealkylation sites (tertiary alicyclic amines) is 1. The van der Waals surface area contributed by atoms with E-state index in [0.717, 1.165) is 44.5 Å². The molecule has 3 rings (SSSR count). The fraction of sp³-hybridized carbons (Fsp3) is 0.700. The Morgan fingerprint density at radius 2 is 2.12 bits per heavy atom. The molecule has 2 fully saturated rings. The first-order chi connectivity index (χ1) is 12.2. The maximum absolute atomic E-state index is 9.04. The number of methoxy groups -OCH3 is 1. The molecule has 5 heteroatoms.